The highest BCUT2D eigenvalue weighted by molar-refractivity contribution is 5.81. The lowest BCUT2D eigenvalue weighted by atomic mass is 10.1. The number of hydrogen-bond donors (Lipinski definition) is 0. The van der Waals surface area contributed by atoms with Gasteiger partial charge in [0.2, 0.25) is 11.8 Å². The fourth-order valence-electron chi connectivity index (χ4n) is 3.04. The molecular formula is C31H42N2O5. The van der Waals surface area contributed by atoms with Gasteiger partial charge in [-0.3, -0.25) is 0 Å². The molecule has 0 N–H and O–H groups in total. The van der Waals surface area contributed by atoms with Crippen molar-refractivity contribution in [3.05, 3.63) is 78.4 Å². The number of benzene rings is 2. The van der Waals surface area contributed by atoms with Crippen LogP contribution in [0, 0.1) is 6.92 Å². The van der Waals surface area contributed by atoms with Crippen molar-refractivity contribution in [3.8, 4) is 22.9 Å². The SMILES string of the molecule is C/C=C/c1ccc(-c2nnc(-c3ccc(C)cc3)o2)cc1.C=CC(=O)OCCOC.CCCCCCOC. The van der Waals surface area contributed by atoms with Gasteiger partial charge in [-0.1, -0.05) is 74.7 Å². The maximum absolute atomic E-state index is 10.3. The first-order valence-corrected chi connectivity index (χ1v) is 12.9. The van der Waals surface area contributed by atoms with E-state index in [1.54, 1.807) is 14.2 Å². The predicted molar refractivity (Wildman–Crippen MR) is 154 cm³/mol. The second-order valence-corrected chi connectivity index (χ2v) is 8.32. The normalized spacial score (nSPS) is 10.2. The summed E-state index contributed by atoms with van der Waals surface area (Å²) in [6.45, 7) is 11.1. The summed E-state index contributed by atoms with van der Waals surface area (Å²) in [6.07, 6.45) is 10.4. The number of allylic oxidation sites excluding steroid dienone is 1. The van der Waals surface area contributed by atoms with Gasteiger partial charge in [-0.05, 0) is 50.1 Å². The van der Waals surface area contributed by atoms with E-state index in [0.717, 1.165) is 29.4 Å². The summed E-state index contributed by atoms with van der Waals surface area (Å²) < 4.78 is 19.8. The van der Waals surface area contributed by atoms with Gasteiger partial charge in [-0.25, -0.2) is 4.79 Å². The molecule has 0 bridgehead atoms. The molecule has 2 aromatic carbocycles. The van der Waals surface area contributed by atoms with Gasteiger partial charge in [0.25, 0.3) is 0 Å². The van der Waals surface area contributed by atoms with Crippen LogP contribution in [0.3, 0.4) is 0 Å². The van der Waals surface area contributed by atoms with Crippen LogP contribution in [0.15, 0.2) is 71.7 Å². The Bertz CT molecular complexity index is 1050. The number of carbonyl (C=O) groups excluding carboxylic acids is 1. The highest BCUT2D eigenvalue weighted by atomic mass is 16.6. The summed E-state index contributed by atoms with van der Waals surface area (Å²) in [5.41, 5.74) is 4.22. The van der Waals surface area contributed by atoms with Crippen LogP contribution >= 0.6 is 0 Å². The van der Waals surface area contributed by atoms with E-state index in [-0.39, 0.29) is 0 Å². The quantitative estimate of drug-likeness (QED) is 0.140. The van der Waals surface area contributed by atoms with Crippen LogP contribution in [0.4, 0.5) is 0 Å². The summed E-state index contributed by atoms with van der Waals surface area (Å²) in [5, 5.41) is 8.25. The van der Waals surface area contributed by atoms with Crippen molar-refractivity contribution in [2.45, 2.75) is 46.5 Å². The van der Waals surface area contributed by atoms with E-state index < -0.39 is 5.97 Å². The van der Waals surface area contributed by atoms with E-state index in [4.69, 9.17) is 9.15 Å². The first-order valence-electron chi connectivity index (χ1n) is 12.9. The van der Waals surface area contributed by atoms with Gasteiger partial charge < -0.3 is 18.6 Å². The molecule has 0 radical (unpaired) electrons. The monoisotopic (exact) mass is 522 g/mol. The third kappa shape index (κ3) is 13.7. The molecular weight excluding hydrogens is 480 g/mol. The lowest BCUT2D eigenvalue weighted by Crippen LogP contribution is -2.06. The van der Waals surface area contributed by atoms with Crippen molar-refractivity contribution in [3.63, 3.8) is 0 Å². The maximum atomic E-state index is 10.3. The Kier molecular flexibility index (Phi) is 17.5. The molecule has 3 aromatic rings. The summed E-state index contributed by atoms with van der Waals surface area (Å²) >= 11 is 0. The molecule has 1 heterocycles. The first kappa shape index (κ1) is 32.5. The number of hydrogen-bond acceptors (Lipinski definition) is 7. The standard InChI is InChI=1S/C18H16N2O.C7H16O.C6H10O3/c1-3-4-14-7-11-16(12-8-14)18-20-19-17(21-18)15-9-5-13(2)6-10-15;1-3-4-5-6-7-8-2;1-3-6(7)9-5-4-8-2/h3-12H,1-2H3;3-7H2,1-2H3;3H,1,4-5H2,2H3/b4-3+;;. The van der Waals surface area contributed by atoms with Gasteiger partial charge in [0, 0.05) is 38.0 Å². The summed E-state index contributed by atoms with van der Waals surface area (Å²) in [7, 11) is 3.30. The zero-order chi connectivity index (χ0) is 28.0. The second-order valence-electron chi connectivity index (χ2n) is 8.32. The Morgan fingerprint density at radius 1 is 0.868 bits per heavy atom. The third-order valence-corrected chi connectivity index (χ3v) is 5.14. The Hall–Kier alpha value is -3.55. The fourth-order valence-corrected chi connectivity index (χ4v) is 3.04. The predicted octanol–water partition coefficient (Wildman–Crippen LogP) is 7.32. The van der Waals surface area contributed by atoms with Gasteiger partial charge in [0.15, 0.2) is 0 Å². The molecule has 1 aromatic heterocycles. The van der Waals surface area contributed by atoms with Crippen LogP contribution in [0.5, 0.6) is 0 Å². The minimum atomic E-state index is -0.410. The minimum absolute atomic E-state index is 0.293. The van der Waals surface area contributed by atoms with Crippen LogP contribution in [-0.2, 0) is 19.0 Å². The van der Waals surface area contributed by atoms with Crippen molar-refractivity contribution >= 4 is 12.0 Å². The average molecular weight is 523 g/mol. The van der Waals surface area contributed by atoms with Crippen LogP contribution in [0.25, 0.3) is 29.0 Å². The number of rotatable bonds is 12. The highest BCUT2D eigenvalue weighted by Gasteiger charge is 2.10. The second kappa shape index (κ2) is 20.5. The average Bonchev–Trinajstić information content (AvgIpc) is 3.43. The molecule has 0 aliphatic heterocycles. The van der Waals surface area contributed by atoms with E-state index in [9.17, 15) is 4.79 Å². The molecule has 0 saturated carbocycles. The number of aryl methyl sites for hydroxylation is 1. The van der Waals surface area contributed by atoms with Crippen molar-refractivity contribution in [2.24, 2.45) is 0 Å². The number of unbranched alkanes of at least 4 members (excludes halogenated alkanes) is 3. The van der Waals surface area contributed by atoms with E-state index in [0.29, 0.717) is 25.0 Å². The van der Waals surface area contributed by atoms with Crippen molar-refractivity contribution in [1.29, 1.82) is 0 Å². The topological polar surface area (TPSA) is 83.7 Å². The molecule has 0 fully saturated rings. The molecule has 0 saturated heterocycles. The largest absolute Gasteiger partial charge is 0.460 e. The number of nitrogens with zero attached hydrogens (tertiary/aromatic N) is 2. The Morgan fingerprint density at radius 2 is 1.45 bits per heavy atom. The number of ether oxygens (including phenoxy) is 3. The van der Waals surface area contributed by atoms with Crippen LogP contribution < -0.4 is 0 Å². The molecule has 3 rings (SSSR count). The van der Waals surface area contributed by atoms with Crippen LogP contribution in [0.1, 0.15) is 50.7 Å². The zero-order valence-electron chi connectivity index (χ0n) is 23.4. The van der Waals surface area contributed by atoms with Crippen molar-refractivity contribution in [1.82, 2.24) is 10.2 Å². The van der Waals surface area contributed by atoms with E-state index >= 15 is 0 Å². The van der Waals surface area contributed by atoms with Crippen LogP contribution in [0.2, 0.25) is 0 Å². The summed E-state index contributed by atoms with van der Waals surface area (Å²) in [5.74, 6) is 0.673. The Labute approximate surface area is 227 Å². The minimum Gasteiger partial charge on any atom is -0.460 e. The van der Waals surface area contributed by atoms with E-state index in [2.05, 4.69) is 46.2 Å². The molecule has 206 valence electrons. The molecule has 0 amide bonds. The molecule has 38 heavy (non-hydrogen) atoms. The molecule has 7 heteroatoms. The Morgan fingerprint density at radius 3 is 1.95 bits per heavy atom. The van der Waals surface area contributed by atoms with Gasteiger partial charge in [0.1, 0.15) is 6.61 Å². The highest BCUT2D eigenvalue weighted by Crippen LogP contribution is 2.24. The Balaban J connectivity index is 0.000000354. The lowest BCUT2D eigenvalue weighted by Gasteiger charge is -1.98. The van der Waals surface area contributed by atoms with E-state index in [1.807, 2.05) is 61.5 Å². The molecule has 0 atom stereocenters. The van der Waals surface area contributed by atoms with Crippen molar-refractivity contribution < 1.29 is 23.4 Å². The fraction of sp³-hybridized carbons (Fsp3) is 0.387. The summed E-state index contributed by atoms with van der Waals surface area (Å²) in [6, 6.07) is 16.1. The van der Waals surface area contributed by atoms with Gasteiger partial charge >= 0.3 is 5.97 Å². The molecule has 0 aliphatic carbocycles. The smallest absolute Gasteiger partial charge is 0.330 e. The zero-order valence-corrected chi connectivity index (χ0v) is 23.4. The molecule has 7 nitrogen and oxygen atoms in total. The number of aromatic nitrogens is 2. The van der Waals surface area contributed by atoms with Gasteiger partial charge in [-0.15, -0.1) is 10.2 Å². The molecule has 0 spiro atoms. The van der Waals surface area contributed by atoms with Crippen LogP contribution in [-0.4, -0.2) is 50.2 Å². The van der Waals surface area contributed by atoms with Crippen molar-refractivity contribution in [2.75, 3.05) is 34.0 Å². The lowest BCUT2D eigenvalue weighted by molar-refractivity contribution is -0.138. The molecule has 0 unspecified atom stereocenters. The first-order chi connectivity index (χ1) is 18.5. The van der Waals surface area contributed by atoms with Gasteiger partial charge in [0.05, 0.1) is 6.61 Å². The summed E-state index contributed by atoms with van der Waals surface area (Å²) in [4.78, 5) is 10.3. The number of carbonyl (C=O) groups is 1. The third-order valence-electron chi connectivity index (χ3n) is 5.14. The molecule has 0 aliphatic rings. The maximum Gasteiger partial charge on any atom is 0.330 e. The number of esters is 1. The van der Waals surface area contributed by atoms with Gasteiger partial charge in [-0.2, -0.15) is 0 Å². The van der Waals surface area contributed by atoms with E-state index in [1.165, 1.54) is 31.2 Å². The number of methoxy groups -OCH3 is 2.